The van der Waals surface area contributed by atoms with Gasteiger partial charge in [-0.25, -0.2) is 0 Å². The average molecular weight is 242 g/mol. The minimum Gasteiger partial charge on any atom is -0.462 e. The molecule has 5 heteroatoms. The summed E-state index contributed by atoms with van der Waals surface area (Å²) in [5, 5.41) is 0. The first-order chi connectivity index (χ1) is 8.27. The second-order valence-electron chi connectivity index (χ2n) is 3.91. The number of ether oxygens (including phenoxy) is 2. The van der Waals surface area contributed by atoms with Crippen molar-refractivity contribution in [3.8, 4) is 0 Å². The topological polar surface area (TPSA) is 64.8 Å². The van der Waals surface area contributed by atoms with E-state index in [9.17, 15) is 4.79 Å². The van der Waals surface area contributed by atoms with E-state index in [4.69, 9.17) is 15.2 Å². The SMILES string of the molecule is CCOCCOC(=O)CN1CCC=CC1CN. The first kappa shape index (κ1) is 14.2. The van der Waals surface area contributed by atoms with Crippen molar-refractivity contribution < 1.29 is 14.3 Å². The molecule has 98 valence electrons. The van der Waals surface area contributed by atoms with Gasteiger partial charge in [0.05, 0.1) is 13.2 Å². The molecule has 0 aromatic carbocycles. The zero-order chi connectivity index (χ0) is 12.5. The van der Waals surface area contributed by atoms with E-state index < -0.39 is 0 Å². The van der Waals surface area contributed by atoms with Crippen LogP contribution in [0.15, 0.2) is 12.2 Å². The highest BCUT2D eigenvalue weighted by molar-refractivity contribution is 5.71. The molecule has 0 aromatic rings. The first-order valence-electron chi connectivity index (χ1n) is 6.12. The molecule has 0 aliphatic carbocycles. The van der Waals surface area contributed by atoms with E-state index in [1.54, 1.807) is 0 Å². The van der Waals surface area contributed by atoms with Crippen LogP contribution in [0.3, 0.4) is 0 Å². The molecule has 1 rings (SSSR count). The van der Waals surface area contributed by atoms with Gasteiger partial charge in [0, 0.05) is 25.7 Å². The summed E-state index contributed by atoms with van der Waals surface area (Å²) in [4.78, 5) is 13.6. The molecule has 1 aliphatic rings. The number of hydrogen-bond donors (Lipinski definition) is 1. The summed E-state index contributed by atoms with van der Waals surface area (Å²) in [7, 11) is 0. The van der Waals surface area contributed by atoms with Crippen LogP contribution in [0.1, 0.15) is 13.3 Å². The van der Waals surface area contributed by atoms with Crippen LogP contribution < -0.4 is 5.73 Å². The fourth-order valence-corrected chi connectivity index (χ4v) is 1.78. The van der Waals surface area contributed by atoms with Gasteiger partial charge >= 0.3 is 5.97 Å². The standard InChI is InChI=1S/C12H22N2O3/c1-2-16-7-8-17-12(15)10-14-6-4-3-5-11(14)9-13/h3,5,11H,2,4,6-10,13H2,1H3. The second-order valence-corrected chi connectivity index (χ2v) is 3.91. The Morgan fingerprint density at radius 2 is 2.35 bits per heavy atom. The Balaban J connectivity index is 2.22. The zero-order valence-electron chi connectivity index (χ0n) is 10.4. The predicted molar refractivity (Wildman–Crippen MR) is 65.6 cm³/mol. The minimum atomic E-state index is -0.210. The number of nitrogens with zero attached hydrogens (tertiary/aromatic N) is 1. The molecule has 0 bridgehead atoms. The molecular formula is C12H22N2O3. The number of hydrogen-bond acceptors (Lipinski definition) is 5. The average Bonchev–Trinajstić information content (AvgIpc) is 2.35. The predicted octanol–water partition coefficient (Wildman–Crippen LogP) is 0.155. The molecule has 1 atom stereocenters. The quantitative estimate of drug-likeness (QED) is 0.391. The Morgan fingerprint density at radius 3 is 3.06 bits per heavy atom. The smallest absolute Gasteiger partial charge is 0.320 e. The van der Waals surface area contributed by atoms with Crippen LogP contribution in [-0.4, -0.2) is 56.4 Å². The van der Waals surface area contributed by atoms with Gasteiger partial charge in [-0.2, -0.15) is 0 Å². The van der Waals surface area contributed by atoms with Gasteiger partial charge in [0.1, 0.15) is 6.61 Å². The number of rotatable bonds is 7. The third-order valence-electron chi connectivity index (χ3n) is 2.68. The highest BCUT2D eigenvalue weighted by Gasteiger charge is 2.20. The van der Waals surface area contributed by atoms with Gasteiger partial charge in [0.2, 0.25) is 0 Å². The normalized spacial score (nSPS) is 20.5. The Morgan fingerprint density at radius 1 is 1.53 bits per heavy atom. The fourth-order valence-electron chi connectivity index (χ4n) is 1.78. The van der Waals surface area contributed by atoms with Crippen LogP contribution in [0.25, 0.3) is 0 Å². The number of esters is 1. The fraction of sp³-hybridized carbons (Fsp3) is 0.750. The molecule has 2 N–H and O–H groups in total. The van der Waals surface area contributed by atoms with Crippen molar-refractivity contribution in [2.45, 2.75) is 19.4 Å². The van der Waals surface area contributed by atoms with E-state index in [2.05, 4.69) is 12.2 Å². The lowest BCUT2D eigenvalue weighted by Gasteiger charge is -2.30. The van der Waals surface area contributed by atoms with E-state index in [1.165, 1.54) is 0 Å². The van der Waals surface area contributed by atoms with Crippen LogP contribution in [0, 0.1) is 0 Å². The van der Waals surface area contributed by atoms with Crippen LogP contribution in [0.4, 0.5) is 0 Å². The Kier molecular flexibility index (Phi) is 6.84. The highest BCUT2D eigenvalue weighted by Crippen LogP contribution is 2.08. The van der Waals surface area contributed by atoms with E-state index in [0.29, 0.717) is 32.9 Å². The van der Waals surface area contributed by atoms with E-state index in [1.807, 2.05) is 11.8 Å². The molecule has 17 heavy (non-hydrogen) atoms. The van der Waals surface area contributed by atoms with E-state index >= 15 is 0 Å². The number of carbonyl (C=O) groups is 1. The molecule has 0 saturated carbocycles. The molecule has 0 radical (unpaired) electrons. The molecule has 0 aromatic heterocycles. The summed E-state index contributed by atoms with van der Waals surface area (Å²) in [6, 6.07) is 0.156. The van der Waals surface area contributed by atoms with Gasteiger partial charge in [-0.05, 0) is 13.3 Å². The van der Waals surface area contributed by atoms with Crippen molar-refractivity contribution in [2.24, 2.45) is 5.73 Å². The second kappa shape index (κ2) is 8.22. The van der Waals surface area contributed by atoms with Crippen LogP contribution in [-0.2, 0) is 14.3 Å². The first-order valence-corrected chi connectivity index (χ1v) is 6.12. The largest absolute Gasteiger partial charge is 0.462 e. The monoisotopic (exact) mass is 242 g/mol. The Labute approximate surface area is 103 Å². The van der Waals surface area contributed by atoms with Crippen molar-refractivity contribution in [1.29, 1.82) is 0 Å². The van der Waals surface area contributed by atoms with Gasteiger partial charge in [-0.15, -0.1) is 0 Å². The third-order valence-corrected chi connectivity index (χ3v) is 2.68. The molecule has 0 amide bonds. The minimum absolute atomic E-state index is 0.156. The van der Waals surface area contributed by atoms with Crippen molar-refractivity contribution in [2.75, 3.05) is 39.5 Å². The van der Waals surface area contributed by atoms with Crippen molar-refractivity contribution in [3.63, 3.8) is 0 Å². The molecule has 0 spiro atoms. The van der Waals surface area contributed by atoms with E-state index in [0.717, 1.165) is 13.0 Å². The maximum atomic E-state index is 11.6. The lowest BCUT2D eigenvalue weighted by molar-refractivity contribution is -0.146. The molecular weight excluding hydrogens is 220 g/mol. The summed E-state index contributed by atoms with van der Waals surface area (Å²) in [6.45, 7) is 5.03. The van der Waals surface area contributed by atoms with Crippen LogP contribution in [0.2, 0.25) is 0 Å². The molecule has 0 saturated heterocycles. The van der Waals surface area contributed by atoms with Crippen molar-refractivity contribution in [1.82, 2.24) is 4.90 Å². The molecule has 1 heterocycles. The van der Waals surface area contributed by atoms with Crippen LogP contribution >= 0.6 is 0 Å². The lowest BCUT2D eigenvalue weighted by Crippen LogP contribution is -2.44. The summed E-state index contributed by atoms with van der Waals surface area (Å²) in [6.07, 6.45) is 5.12. The van der Waals surface area contributed by atoms with Gasteiger partial charge < -0.3 is 15.2 Å². The lowest BCUT2D eigenvalue weighted by atomic mass is 10.1. The number of nitrogens with two attached hydrogens (primary N) is 1. The molecule has 1 unspecified atom stereocenters. The maximum Gasteiger partial charge on any atom is 0.320 e. The third kappa shape index (κ3) is 5.30. The summed E-state index contributed by atoms with van der Waals surface area (Å²) < 4.78 is 10.2. The van der Waals surface area contributed by atoms with Gasteiger partial charge in [0.15, 0.2) is 0 Å². The van der Waals surface area contributed by atoms with Crippen molar-refractivity contribution in [3.05, 3.63) is 12.2 Å². The molecule has 5 nitrogen and oxygen atoms in total. The Hall–Kier alpha value is -0.910. The van der Waals surface area contributed by atoms with Gasteiger partial charge in [-0.1, -0.05) is 12.2 Å². The number of carbonyl (C=O) groups excluding carboxylic acids is 1. The Bertz CT molecular complexity index is 256. The highest BCUT2D eigenvalue weighted by atomic mass is 16.6. The summed E-state index contributed by atoms with van der Waals surface area (Å²) in [5.74, 6) is -0.210. The van der Waals surface area contributed by atoms with Crippen LogP contribution in [0.5, 0.6) is 0 Å². The summed E-state index contributed by atoms with van der Waals surface area (Å²) >= 11 is 0. The molecule has 0 fully saturated rings. The van der Waals surface area contributed by atoms with Gasteiger partial charge in [0.25, 0.3) is 0 Å². The maximum absolute atomic E-state index is 11.6. The zero-order valence-corrected chi connectivity index (χ0v) is 10.4. The van der Waals surface area contributed by atoms with Gasteiger partial charge in [-0.3, -0.25) is 9.69 Å². The van der Waals surface area contributed by atoms with E-state index in [-0.39, 0.29) is 12.0 Å². The van der Waals surface area contributed by atoms with Crippen molar-refractivity contribution >= 4 is 5.97 Å². The molecule has 1 aliphatic heterocycles. The summed E-state index contributed by atoms with van der Waals surface area (Å²) in [5.41, 5.74) is 5.64.